The number of ether oxygens (including phenoxy) is 1. The van der Waals surface area contributed by atoms with E-state index in [1.54, 1.807) is 36.4 Å². The molecular weight excluding hydrogens is 446 g/mol. The summed E-state index contributed by atoms with van der Waals surface area (Å²) in [5, 5.41) is 5.56. The Morgan fingerprint density at radius 2 is 1.51 bits per heavy atom. The molecule has 1 heterocycles. The van der Waals surface area contributed by atoms with Gasteiger partial charge in [-0.05, 0) is 28.8 Å². The van der Waals surface area contributed by atoms with Crippen LogP contribution in [-0.2, 0) is 32.8 Å². The van der Waals surface area contributed by atoms with Gasteiger partial charge in [-0.15, -0.1) is 0 Å². The molecule has 0 aliphatic carbocycles. The molecule has 1 saturated heterocycles. The third-order valence-corrected chi connectivity index (χ3v) is 5.92. The monoisotopic (exact) mass is 471 g/mol. The number of urea groups is 1. The SMILES string of the molecule is COC(=O)c1ccc(CNC(=O)CN2C(=O)N[C@@](Cc3ccccc3)(c3ccccc3)C2=O)cc1. The quantitative estimate of drug-likeness (QED) is 0.388. The molecule has 4 rings (SSSR count). The number of carbonyl (C=O) groups excluding carboxylic acids is 4. The Kier molecular flexibility index (Phi) is 6.91. The molecule has 8 heteroatoms. The molecule has 0 aromatic heterocycles. The van der Waals surface area contributed by atoms with E-state index < -0.39 is 35.9 Å². The van der Waals surface area contributed by atoms with Gasteiger partial charge in [0, 0.05) is 13.0 Å². The fraction of sp³-hybridized carbons (Fsp3) is 0.185. The third kappa shape index (κ3) is 5.06. The maximum atomic E-state index is 13.6. The maximum absolute atomic E-state index is 13.6. The highest BCUT2D eigenvalue weighted by molar-refractivity contribution is 6.09. The van der Waals surface area contributed by atoms with Crippen molar-refractivity contribution in [3.63, 3.8) is 0 Å². The summed E-state index contributed by atoms with van der Waals surface area (Å²) in [4.78, 5) is 51.6. The summed E-state index contributed by atoms with van der Waals surface area (Å²) in [6.07, 6.45) is 0.257. The number of benzene rings is 3. The first kappa shape index (κ1) is 23.7. The predicted octanol–water partition coefficient (Wildman–Crippen LogP) is 2.78. The van der Waals surface area contributed by atoms with Crippen LogP contribution < -0.4 is 10.6 Å². The Hall–Kier alpha value is -4.46. The number of methoxy groups -OCH3 is 1. The van der Waals surface area contributed by atoms with Crippen LogP contribution in [0.5, 0.6) is 0 Å². The number of esters is 1. The van der Waals surface area contributed by atoms with Crippen molar-refractivity contribution in [3.8, 4) is 0 Å². The second-order valence-corrected chi connectivity index (χ2v) is 8.22. The van der Waals surface area contributed by atoms with Crippen LogP contribution in [0.3, 0.4) is 0 Å². The average molecular weight is 472 g/mol. The molecule has 4 amide bonds. The molecule has 0 bridgehead atoms. The second kappa shape index (κ2) is 10.2. The van der Waals surface area contributed by atoms with Gasteiger partial charge in [-0.2, -0.15) is 0 Å². The Bertz CT molecular complexity index is 1230. The number of hydrogen-bond donors (Lipinski definition) is 2. The Labute approximate surface area is 202 Å². The van der Waals surface area contributed by atoms with Crippen LogP contribution in [-0.4, -0.2) is 42.4 Å². The zero-order chi connectivity index (χ0) is 24.8. The van der Waals surface area contributed by atoms with E-state index in [9.17, 15) is 19.2 Å². The molecule has 1 aliphatic rings. The Balaban J connectivity index is 1.47. The van der Waals surface area contributed by atoms with Gasteiger partial charge in [-0.25, -0.2) is 9.59 Å². The lowest BCUT2D eigenvalue weighted by atomic mass is 9.83. The van der Waals surface area contributed by atoms with Crippen molar-refractivity contribution in [2.45, 2.75) is 18.5 Å². The molecule has 35 heavy (non-hydrogen) atoms. The summed E-state index contributed by atoms with van der Waals surface area (Å²) in [6, 6.07) is 24.4. The lowest BCUT2D eigenvalue weighted by molar-refractivity contribution is -0.135. The van der Waals surface area contributed by atoms with Crippen molar-refractivity contribution in [1.82, 2.24) is 15.5 Å². The van der Waals surface area contributed by atoms with Crippen molar-refractivity contribution < 1.29 is 23.9 Å². The van der Waals surface area contributed by atoms with E-state index in [4.69, 9.17) is 0 Å². The van der Waals surface area contributed by atoms with Crippen molar-refractivity contribution in [3.05, 3.63) is 107 Å². The highest BCUT2D eigenvalue weighted by Gasteiger charge is 2.52. The number of nitrogens with zero attached hydrogens (tertiary/aromatic N) is 1. The summed E-state index contributed by atoms with van der Waals surface area (Å²) >= 11 is 0. The van der Waals surface area contributed by atoms with Gasteiger partial charge >= 0.3 is 12.0 Å². The van der Waals surface area contributed by atoms with Gasteiger partial charge in [0.15, 0.2) is 5.54 Å². The van der Waals surface area contributed by atoms with Crippen molar-refractivity contribution in [2.75, 3.05) is 13.7 Å². The molecule has 178 valence electrons. The van der Waals surface area contributed by atoms with Crippen LogP contribution in [0.1, 0.15) is 27.0 Å². The first-order valence-corrected chi connectivity index (χ1v) is 11.1. The first-order valence-electron chi connectivity index (χ1n) is 11.1. The predicted molar refractivity (Wildman–Crippen MR) is 128 cm³/mol. The van der Waals surface area contributed by atoms with Crippen LogP contribution in [0, 0.1) is 0 Å². The normalized spacial score (nSPS) is 17.1. The topological polar surface area (TPSA) is 105 Å². The molecular formula is C27H25N3O5. The molecule has 3 aromatic carbocycles. The summed E-state index contributed by atoms with van der Waals surface area (Å²) in [7, 11) is 1.30. The van der Waals surface area contributed by atoms with Gasteiger partial charge in [-0.3, -0.25) is 14.5 Å². The van der Waals surface area contributed by atoms with Crippen LogP contribution in [0.15, 0.2) is 84.9 Å². The van der Waals surface area contributed by atoms with E-state index in [-0.39, 0.29) is 13.0 Å². The van der Waals surface area contributed by atoms with Crippen LogP contribution in [0.2, 0.25) is 0 Å². The highest BCUT2D eigenvalue weighted by Crippen LogP contribution is 2.32. The minimum absolute atomic E-state index is 0.178. The summed E-state index contributed by atoms with van der Waals surface area (Å²) < 4.78 is 4.67. The molecule has 1 aliphatic heterocycles. The zero-order valence-corrected chi connectivity index (χ0v) is 19.2. The van der Waals surface area contributed by atoms with Crippen LogP contribution in [0.25, 0.3) is 0 Å². The molecule has 0 radical (unpaired) electrons. The minimum Gasteiger partial charge on any atom is -0.465 e. The zero-order valence-electron chi connectivity index (χ0n) is 19.2. The lowest BCUT2D eigenvalue weighted by Gasteiger charge is -2.27. The summed E-state index contributed by atoms with van der Waals surface area (Å²) in [6.45, 7) is -0.230. The lowest BCUT2D eigenvalue weighted by Crippen LogP contribution is -2.46. The third-order valence-electron chi connectivity index (χ3n) is 5.92. The van der Waals surface area contributed by atoms with Gasteiger partial charge < -0.3 is 15.4 Å². The van der Waals surface area contributed by atoms with Crippen LogP contribution >= 0.6 is 0 Å². The molecule has 0 saturated carbocycles. The van der Waals surface area contributed by atoms with E-state index in [0.29, 0.717) is 11.1 Å². The molecule has 1 atom stereocenters. The standard InChI is InChI=1S/C27H25N3O5/c1-35-24(32)21-14-12-20(13-15-21)17-28-23(31)18-30-25(33)27(29-26(30)34,22-10-6-3-7-11-22)16-19-8-4-2-5-9-19/h2-15H,16-18H2,1H3,(H,28,31)(H,29,34)/t27-/m0/s1. The van der Waals surface area contributed by atoms with E-state index in [1.807, 2.05) is 48.5 Å². The Morgan fingerprint density at radius 1 is 0.886 bits per heavy atom. The number of rotatable bonds is 8. The molecule has 8 nitrogen and oxygen atoms in total. The number of amides is 4. The second-order valence-electron chi connectivity index (χ2n) is 8.22. The van der Waals surface area contributed by atoms with Gasteiger partial charge in [0.2, 0.25) is 5.91 Å². The summed E-state index contributed by atoms with van der Waals surface area (Å²) in [5.74, 6) is -1.40. The molecule has 2 N–H and O–H groups in total. The maximum Gasteiger partial charge on any atom is 0.337 e. The van der Waals surface area contributed by atoms with E-state index in [2.05, 4.69) is 15.4 Å². The van der Waals surface area contributed by atoms with Crippen molar-refractivity contribution in [1.29, 1.82) is 0 Å². The van der Waals surface area contributed by atoms with Gasteiger partial charge in [0.25, 0.3) is 5.91 Å². The molecule has 0 unspecified atom stereocenters. The number of carbonyl (C=O) groups is 4. The summed E-state index contributed by atoms with van der Waals surface area (Å²) in [5.41, 5.74) is 1.38. The van der Waals surface area contributed by atoms with E-state index in [0.717, 1.165) is 16.0 Å². The minimum atomic E-state index is -1.30. The Morgan fingerprint density at radius 3 is 2.14 bits per heavy atom. The number of imide groups is 1. The molecule has 0 spiro atoms. The largest absolute Gasteiger partial charge is 0.465 e. The van der Waals surface area contributed by atoms with Gasteiger partial charge in [-0.1, -0.05) is 72.8 Å². The number of hydrogen-bond acceptors (Lipinski definition) is 5. The van der Waals surface area contributed by atoms with Gasteiger partial charge in [0.1, 0.15) is 6.54 Å². The fourth-order valence-electron chi connectivity index (χ4n) is 4.09. The smallest absolute Gasteiger partial charge is 0.337 e. The average Bonchev–Trinajstić information content (AvgIpc) is 3.13. The van der Waals surface area contributed by atoms with E-state index in [1.165, 1.54) is 7.11 Å². The van der Waals surface area contributed by atoms with E-state index >= 15 is 0 Å². The highest BCUT2D eigenvalue weighted by atomic mass is 16.5. The van der Waals surface area contributed by atoms with Crippen molar-refractivity contribution >= 4 is 23.8 Å². The number of nitrogens with one attached hydrogen (secondary N) is 2. The van der Waals surface area contributed by atoms with Crippen molar-refractivity contribution in [2.24, 2.45) is 0 Å². The van der Waals surface area contributed by atoms with Crippen LogP contribution in [0.4, 0.5) is 4.79 Å². The fourth-order valence-corrected chi connectivity index (χ4v) is 4.09. The first-order chi connectivity index (χ1) is 16.9. The molecule has 1 fully saturated rings. The van der Waals surface area contributed by atoms with Gasteiger partial charge in [0.05, 0.1) is 12.7 Å². The molecule has 3 aromatic rings.